The first-order valence-electron chi connectivity index (χ1n) is 6.92. The number of carbonyl (C=O) groups is 2. The van der Waals surface area contributed by atoms with Crippen molar-refractivity contribution >= 4 is 17.7 Å². The minimum Gasteiger partial charge on any atom is -0.435 e. The lowest BCUT2D eigenvalue weighted by Gasteiger charge is -2.24. The summed E-state index contributed by atoms with van der Waals surface area (Å²) >= 11 is 0. The number of rotatable bonds is 3. The Bertz CT molecular complexity index is 460. The predicted octanol–water partition coefficient (Wildman–Crippen LogP) is 2.75. The van der Waals surface area contributed by atoms with Gasteiger partial charge in [-0.05, 0) is 38.3 Å². The largest absolute Gasteiger partial charge is 0.509 e. The van der Waals surface area contributed by atoms with Crippen molar-refractivity contribution in [3.05, 3.63) is 30.3 Å². The van der Waals surface area contributed by atoms with Crippen molar-refractivity contribution in [3.8, 4) is 0 Å². The van der Waals surface area contributed by atoms with E-state index in [1.807, 2.05) is 30.3 Å². The fourth-order valence-corrected chi connectivity index (χ4v) is 2.25. The molecule has 0 spiro atoms. The van der Waals surface area contributed by atoms with Gasteiger partial charge in [0, 0.05) is 12.2 Å². The van der Waals surface area contributed by atoms with E-state index in [2.05, 4.69) is 0 Å². The molecule has 0 saturated carbocycles. The van der Waals surface area contributed by atoms with Crippen molar-refractivity contribution < 1.29 is 19.1 Å². The zero-order valence-corrected chi connectivity index (χ0v) is 11.6. The molecule has 2 rings (SSSR count). The molecule has 1 saturated heterocycles. The first kappa shape index (κ1) is 14.4. The van der Waals surface area contributed by atoms with Gasteiger partial charge in [0.25, 0.3) is 5.91 Å². The molecule has 0 aromatic heterocycles. The second kappa shape index (κ2) is 6.93. The molecule has 5 heteroatoms. The molecule has 1 fully saturated rings. The van der Waals surface area contributed by atoms with E-state index < -0.39 is 12.3 Å². The predicted molar refractivity (Wildman–Crippen MR) is 74.5 cm³/mol. The molecule has 1 amide bonds. The topological polar surface area (TPSA) is 55.8 Å². The third-order valence-electron chi connectivity index (χ3n) is 3.21. The third kappa shape index (κ3) is 3.50. The quantitative estimate of drug-likeness (QED) is 0.797. The second-order valence-corrected chi connectivity index (χ2v) is 4.61. The molecule has 5 nitrogen and oxygen atoms in total. The average Bonchev–Trinajstić information content (AvgIpc) is 2.63. The Balaban J connectivity index is 2.10. The van der Waals surface area contributed by atoms with E-state index >= 15 is 0 Å². The van der Waals surface area contributed by atoms with Crippen LogP contribution in [-0.2, 0) is 14.3 Å². The summed E-state index contributed by atoms with van der Waals surface area (Å²) in [4.78, 5) is 25.6. The smallest absolute Gasteiger partial charge is 0.435 e. The molecule has 1 aromatic carbocycles. The number of hydrogen-bond acceptors (Lipinski definition) is 4. The van der Waals surface area contributed by atoms with Crippen molar-refractivity contribution in [2.24, 2.45) is 0 Å². The normalized spacial score (nSPS) is 19.4. The molecule has 1 unspecified atom stereocenters. The molecule has 1 heterocycles. The Kier molecular flexibility index (Phi) is 4.98. The van der Waals surface area contributed by atoms with Crippen LogP contribution in [0.25, 0.3) is 0 Å². The Labute approximate surface area is 118 Å². The summed E-state index contributed by atoms with van der Waals surface area (Å²) in [5, 5.41) is 0. The van der Waals surface area contributed by atoms with E-state index in [0.29, 0.717) is 13.0 Å². The minimum atomic E-state index is -0.777. The van der Waals surface area contributed by atoms with Crippen LogP contribution < -0.4 is 4.90 Å². The van der Waals surface area contributed by atoms with Gasteiger partial charge in [-0.2, -0.15) is 0 Å². The summed E-state index contributed by atoms with van der Waals surface area (Å²) in [7, 11) is 0. The van der Waals surface area contributed by atoms with Gasteiger partial charge >= 0.3 is 6.16 Å². The number of hydrogen-bond donors (Lipinski definition) is 0. The van der Waals surface area contributed by atoms with Gasteiger partial charge < -0.3 is 14.4 Å². The number of nitrogens with zero attached hydrogens (tertiary/aromatic N) is 1. The Hall–Kier alpha value is -2.04. The fourth-order valence-electron chi connectivity index (χ4n) is 2.25. The summed E-state index contributed by atoms with van der Waals surface area (Å²) in [5.74, 6) is -0.179. The highest BCUT2D eigenvalue weighted by Gasteiger charge is 2.31. The molecular weight excluding hydrogens is 258 g/mol. The van der Waals surface area contributed by atoms with E-state index in [9.17, 15) is 9.59 Å². The maximum atomic E-state index is 12.5. The van der Waals surface area contributed by atoms with Crippen LogP contribution in [0.1, 0.15) is 26.2 Å². The van der Waals surface area contributed by atoms with Crippen LogP contribution >= 0.6 is 0 Å². The van der Waals surface area contributed by atoms with Gasteiger partial charge in [-0.1, -0.05) is 18.2 Å². The van der Waals surface area contributed by atoms with E-state index in [-0.39, 0.29) is 12.5 Å². The standard InChI is InChI=1S/C15H19NO4/c1-2-19-15(18)20-13-10-6-7-11-16(14(13)17)12-8-4-3-5-9-12/h3-5,8-9,13H,2,6-7,10-11H2,1H3. The van der Waals surface area contributed by atoms with Crippen molar-refractivity contribution in [2.75, 3.05) is 18.1 Å². The SMILES string of the molecule is CCOC(=O)OC1CCCCN(c2ccccc2)C1=O. The summed E-state index contributed by atoms with van der Waals surface area (Å²) < 4.78 is 9.87. The Morgan fingerprint density at radius 3 is 2.75 bits per heavy atom. The highest BCUT2D eigenvalue weighted by atomic mass is 16.7. The number of benzene rings is 1. The molecule has 1 aliphatic rings. The van der Waals surface area contributed by atoms with Gasteiger partial charge in [0.1, 0.15) is 0 Å². The molecule has 0 radical (unpaired) electrons. The monoisotopic (exact) mass is 277 g/mol. The van der Waals surface area contributed by atoms with Crippen LogP contribution in [0.5, 0.6) is 0 Å². The number of amides is 1. The molecule has 0 bridgehead atoms. The molecule has 108 valence electrons. The van der Waals surface area contributed by atoms with Crippen LogP contribution in [0.2, 0.25) is 0 Å². The lowest BCUT2D eigenvalue weighted by Crippen LogP contribution is -2.40. The first-order valence-corrected chi connectivity index (χ1v) is 6.92. The Morgan fingerprint density at radius 1 is 1.30 bits per heavy atom. The maximum Gasteiger partial charge on any atom is 0.509 e. The van der Waals surface area contributed by atoms with Crippen molar-refractivity contribution in [1.82, 2.24) is 0 Å². The van der Waals surface area contributed by atoms with E-state index in [4.69, 9.17) is 9.47 Å². The first-order chi connectivity index (χ1) is 9.72. The highest BCUT2D eigenvalue weighted by Crippen LogP contribution is 2.22. The average molecular weight is 277 g/mol. The second-order valence-electron chi connectivity index (χ2n) is 4.61. The van der Waals surface area contributed by atoms with Crippen LogP contribution in [0.3, 0.4) is 0 Å². The Morgan fingerprint density at radius 2 is 2.05 bits per heavy atom. The van der Waals surface area contributed by atoms with Gasteiger partial charge in [0.2, 0.25) is 0 Å². The zero-order chi connectivity index (χ0) is 14.4. The van der Waals surface area contributed by atoms with Crippen LogP contribution in [0, 0.1) is 0 Å². The molecule has 0 aliphatic carbocycles. The molecule has 20 heavy (non-hydrogen) atoms. The number of carbonyl (C=O) groups excluding carboxylic acids is 2. The van der Waals surface area contributed by atoms with Gasteiger partial charge in [-0.15, -0.1) is 0 Å². The highest BCUT2D eigenvalue weighted by molar-refractivity contribution is 5.97. The minimum absolute atomic E-state index is 0.179. The van der Waals surface area contributed by atoms with Gasteiger partial charge in [-0.3, -0.25) is 4.79 Å². The third-order valence-corrected chi connectivity index (χ3v) is 3.21. The summed E-state index contributed by atoms with van der Waals surface area (Å²) in [5.41, 5.74) is 0.830. The summed E-state index contributed by atoms with van der Waals surface area (Å²) in [6, 6.07) is 9.43. The van der Waals surface area contributed by atoms with E-state index in [1.165, 1.54) is 0 Å². The van der Waals surface area contributed by atoms with E-state index in [1.54, 1.807) is 11.8 Å². The summed E-state index contributed by atoms with van der Waals surface area (Å²) in [6.45, 7) is 2.58. The van der Waals surface area contributed by atoms with Crippen molar-refractivity contribution in [3.63, 3.8) is 0 Å². The lowest BCUT2D eigenvalue weighted by atomic mass is 10.2. The number of ether oxygens (including phenoxy) is 2. The van der Waals surface area contributed by atoms with Gasteiger partial charge in [0.05, 0.1) is 6.61 Å². The molecule has 1 aliphatic heterocycles. The van der Waals surface area contributed by atoms with Gasteiger partial charge in [0.15, 0.2) is 6.10 Å². The van der Waals surface area contributed by atoms with Crippen molar-refractivity contribution in [1.29, 1.82) is 0 Å². The fraction of sp³-hybridized carbons (Fsp3) is 0.467. The van der Waals surface area contributed by atoms with Crippen LogP contribution in [0.15, 0.2) is 30.3 Å². The zero-order valence-electron chi connectivity index (χ0n) is 11.6. The van der Waals surface area contributed by atoms with Crippen LogP contribution in [-0.4, -0.2) is 31.3 Å². The molecular formula is C15H19NO4. The lowest BCUT2D eigenvalue weighted by molar-refractivity contribution is -0.128. The molecule has 1 aromatic rings. The summed E-state index contributed by atoms with van der Waals surface area (Å²) in [6.07, 6.45) is 0.751. The molecule has 0 N–H and O–H groups in total. The maximum absolute atomic E-state index is 12.5. The number of anilines is 1. The van der Waals surface area contributed by atoms with Crippen LogP contribution in [0.4, 0.5) is 10.5 Å². The van der Waals surface area contributed by atoms with Crippen molar-refractivity contribution in [2.45, 2.75) is 32.3 Å². The number of para-hydroxylation sites is 1. The molecule has 1 atom stereocenters. The van der Waals surface area contributed by atoms with E-state index in [0.717, 1.165) is 18.5 Å². The van der Waals surface area contributed by atoms with Gasteiger partial charge in [-0.25, -0.2) is 4.79 Å².